The first kappa shape index (κ1) is 9.85. The van der Waals surface area contributed by atoms with E-state index in [-0.39, 0.29) is 0 Å². The van der Waals surface area contributed by atoms with Crippen molar-refractivity contribution in [3.63, 3.8) is 0 Å². The Balaban J connectivity index is 2.78. The standard InChI is InChI=1S/C8H8BNO2S2/c10-4-1-5-6(9(11)12)3-14-8(5)7(13)2-4/h1-3,11-13H,10H2. The van der Waals surface area contributed by atoms with Gasteiger partial charge in [0.1, 0.15) is 0 Å². The van der Waals surface area contributed by atoms with E-state index in [4.69, 9.17) is 15.8 Å². The molecule has 0 aliphatic rings. The number of thiophene rings is 1. The van der Waals surface area contributed by atoms with Crippen LogP contribution in [-0.2, 0) is 0 Å². The highest BCUT2D eigenvalue weighted by molar-refractivity contribution is 7.80. The molecule has 3 nitrogen and oxygen atoms in total. The monoisotopic (exact) mass is 225 g/mol. The number of fused-ring (bicyclic) bond motifs is 1. The van der Waals surface area contributed by atoms with Gasteiger partial charge >= 0.3 is 7.12 Å². The molecule has 2 aromatic rings. The third-order valence-corrected chi connectivity index (χ3v) is 3.54. The predicted molar refractivity (Wildman–Crippen MR) is 63.3 cm³/mol. The molecule has 0 fully saturated rings. The topological polar surface area (TPSA) is 66.5 Å². The third kappa shape index (κ3) is 1.50. The lowest BCUT2D eigenvalue weighted by Gasteiger charge is -2.00. The summed E-state index contributed by atoms with van der Waals surface area (Å²) in [6.07, 6.45) is 0. The summed E-state index contributed by atoms with van der Waals surface area (Å²) in [4.78, 5) is 0.761. The SMILES string of the molecule is Nc1cc(S)c2scc(B(O)O)c2c1. The first-order valence-corrected chi connectivity index (χ1v) is 5.28. The van der Waals surface area contributed by atoms with Crippen LogP contribution in [0.5, 0.6) is 0 Å². The third-order valence-electron chi connectivity index (χ3n) is 1.98. The molecule has 0 aliphatic heterocycles. The molecular formula is C8H8BNO2S2. The van der Waals surface area contributed by atoms with Gasteiger partial charge in [0, 0.05) is 20.7 Å². The van der Waals surface area contributed by atoms with Crippen LogP contribution in [0.1, 0.15) is 0 Å². The van der Waals surface area contributed by atoms with Crippen molar-refractivity contribution in [2.45, 2.75) is 4.90 Å². The summed E-state index contributed by atoms with van der Waals surface area (Å²) in [5.74, 6) is 0. The van der Waals surface area contributed by atoms with Crippen molar-refractivity contribution in [3.8, 4) is 0 Å². The van der Waals surface area contributed by atoms with Gasteiger partial charge in [-0.25, -0.2) is 0 Å². The first-order chi connectivity index (χ1) is 6.59. The van der Waals surface area contributed by atoms with E-state index in [0.717, 1.165) is 15.0 Å². The molecule has 4 N–H and O–H groups in total. The van der Waals surface area contributed by atoms with Crippen molar-refractivity contribution in [1.29, 1.82) is 0 Å². The molecule has 0 unspecified atom stereocenters. The summed E-state index contributed by atoms with van der Waals surface area (Å²) < 4.78 is 0.922. The first-order valence-electron chi connectivity index (χ1n) is 3.95. The number of nitrogens with two attached hydrogens (primary N) is 1. The Labute approximate surface area is 90.7 Å². The van der Waals surface area contributed by atoms with Gasteiger partial charge in [-0.1, -0.05) is 0 Å². The largest absolute Gasteiger partial charge is 0.489 e. The van der Waals surface area contributed by atoms with Crippen LogP contribution < -0.4 is 11.2 Å². The van der Waals surface area contributed by atoms with Gasteiger partial charge in [0.15, 0.2) is 0 Å². The molecule has 0 amide bonds. The molecule has 2 rings (SSSR count). The van der Waals surface area contributed by atoms with Crippen molar-refractivity contribution >= 4 is 52.3 Å². The van der Waals surface area contributed by atoms with Crippen LogP contribution in [0.25, 0.3) is 10.1 Å². The molecular weight excluding hydrogens is 217 g/mol. The maximum atomic E-state index is 9.09. The molecule has 0 saturated carbocycles. The van der Waals surface area contributed by atoms with Crippen LogP contribution in [0.15, 0.2) is 22.4 Å². The second kappa shape index (κ2) is 3.47. The number of thiol groups is 1. The quantitative estimate of drug-likeness (QED) is 0.323. The Hall–Kier alpha value is -0.685. The average molecular weight is 225 g/mol. The van der Waals surface area contributed by atoms with E-state index in [1.807, 2.05) is 0 Å². The van der Waals surface area contributed by atoms with Gasteiger partial charge < -0.3 is 15.8 Å². The van der Waals surface area contributed by atoms with Crippen molar-refractivity contribution in [3.05, 3.63) is 17.5 Å². The maximum Gasteiger partial charge on any atom is 0.489 e. The zero-order valence-corrected chi connectivity index (χ0v) is 8.85. The Morgan fingerprint density at radius 2 is 2.07 bits per heavy atom. The number of hydrogen-bond acceptors (Lipinski definition) is 5. The molecule has 0 atom stereocenters. The van der Waals surface area contributed by atoms with Crippen LogP contribution >= 0.6 is 24.0 Å². The lowest BCUT2D eigenvalue weighted by atomic mass is 9.80. The van der Waals surface area contributed by atoms with Gasteiger partial charge in [-0.2, -0.15) is 0 Å². The summed E-state index contributed by atoms with van der Waals surface area (Å²) in [7, 11) is -1.46. The highest BCUT2D eigenvalue weighted by Crippen LogP contribution is 2.28. The molecule has 0 spiro atoms. The van der Waals surface area contributed by atoms with Crippen LogP contribution in [0.2, 0.25) is 0 Å². The number of anilines is 1. The lowest BCUT2D eigenvalue weighted by molar-refractivity contribution is 0.426. The van der Waals surface area contributed by atoms with E-state index in [1.165, 1.54) is 11.3 Å². The van der Waals surface area contributed by atoms with Crippen LogP contribution in [0.4, 0.5) is 5.69 Å². The molecule has 14 heavy (non-hydrogen) atoms. The molecule has 0 bridgehead atoms. The van der Waals surface area contributed by atoms with Crippen molar-refractivity contribution in [2.24, 2.45) is 0 Å². The zero-order valence-electron chi connectivity index (χ0n) is 7.14. The second-order valence-corrected chi connectivity index (χ2v) is 4.34. The number of benzene rings is 1. The van der Waals surface area contributed by atoms with E-state index in [0.29, 0.717) is 11.2 Å². The normalized spacial score (nSPS) is 10.8. The fourth-order valence-electron chi connectivity index (χ4n) is 1.36. The van der Waals surface area contributed by atoms with Gasteiger partial charge in [-0.3, -0.25) is 0 Å². The summed E-state index contributed by atoms with van der Waals surface area (Å²) in [5.41, 5.74) is 6.70. The van der Waals surface area contributed by atoms with E-state index < -0.39 is 7.12 Å². The molecule has 6 heteroatoms. The average Bonchev–Trinajstić information content (AvgIpc) is 2.47. The molecule has 72 valence electrons. The van der Waals surface area contributed by atoms with E-state index in [2.05, 4.69) is 12.6 Å². The fraction of sp³-hybridized carbons (Fsp3) is 0. The van der Waals surface area contributed by atoms with Gasteiger partial charge in [0.2, 0.25) is 0 Å². The Morgan fingerprint density at radius 1 is 1.36 bits per heavy atom. The smallest absolute Gasteiger partial charge is 0.423 e. The Morgan fingerprint density at radius 3 is 2.71 bits per heavy atom. The van der Waals surface area contributed by atoms with Crippen LogP contribution in [-0.4, -0.2) is 17.2 Å². The molecule has 0 radical (unpaired) electrons. The predicted octanol–water partition coefficient (Wildman–Crippen LogP) is 0.452. The minimum absolute atomic E-state index is 0.479. The van der Waals surface area contributed by atoms with Gasteiger partial charge in [0.05, 0.1) is 0 Å². The fourth-order valence-corrected chi connectivity index (χ4v) is 2.76. The summed E-state index contributed by atoms with van der Waals surface area (Å²) >= 11 is 5.69. The van der Waals surface area contributed by atoms with Crippen LogP contribution in [0.3, 0.4) is 0 Å². The van der Waals surface area contributed by atoms with E-state index in [1.54, 1.807) is 17.5 Å². The lowest BCUT2D eigenvalue weighted by Crippen LogP contribution is -2.28. The molecule has 1 heterocycles. The number of hydrogen-bond donors (Lipinski definition) is 4. The summed E-state index contributed by atoms with van der Waals surface area (Å²) in [6, 6.07) is 3.47. The van der Waals surface area contributed by atoms with Gasteiger partial charge in [-0.15, -0.1) is 24.0 Å². The Bertz CT molecular complexity index is 483. The van der Waals surface area contributed by atoms with Crippen LogP contribution in [0, 0.1) is 0 Å². The highest BCUT2D eigenvalue weighted by Gasteiger charge is 2.17. The van der Waals surface area contributed by atoms with Crippen molar-refractivity contribution < 1.29 is 10.0 Å². The minimum atomic E-state index is -1.46. The van der Waals surface area contributed by atoms with Crippen molar-refractivity contribution in [1.82, 2.24) is 0 Å². The maximum absolute atomic E-state index is 9.09. The zero-order chi connectivity index (χ0) is 10.3. The summed E-state index contributed by atoms with van der Waals surface area (Å²) in [5, 5.41) is 20.6. The summed E-state index contributed by atoms with van der Waals surface area (Å²) in [6.45, 7) is 0. The minimum Gasteiger partial charge on any atom is -0.423 e. The van der Waals surface area contributed by atoms with E-state index in [9.17, 15) is 0 Å². The molecule has 1 aromatic heterocycles. The Kier molecular flexibility index (Phi) is 2.44. The molecule has 1 aromatic carbocycles. The molecule has 0 saturated heterocycles. The van der Waals surface area contributed by atoms with Gasteiger partial charge in [0.25, 0.3) is 0 Å². The van der Waals surface area contributed by atoms with Crippen molar-refractivity contribution in [2.75, 3.05) is 5.73 Å². The van der Waals surface area contributed by atoms with Gasteiger partial charge in [-0.05, 0) is 22.9 Å². The highest BCUT2D eigenvalue weighted by atomic mass is 32.1. The number of rotatable bonds is 1. The van der Waals surface area contributed by atoms with E-state index >= 15 is 0 Å². The second-order valence-electron chi connectivity index (χ2n) is 2.98. The molecule has 0 aliphatic carbocycles. The number of nitrogen functional groups attached to an aromatic ring is 1.